The lowest BCUT2D eigenvalue weighted by Gasteiger charge is -2.24. The minimum atomic E-state index is -0.914. The minimum Gasteiger partial charge on any atom is -0.481 e. The summed E-state index contributed by atoms with van der Waals surface area (Å²) in [5.74, 6) is -2.04. The van der Waals surface area contributed by atoms with Gasteiger partial charge in [-0.25, -0.2) is 4.39 Å². The molecule has 1 heterocycles. The number of amides is 1. The van der Waals surface area contributed by atoms with Crippen molar-refractivity contribution in [1.82, 2.24) is 4.90 Å². The van der Waals surface area contributed by atoms with Gasteiger partial charge in [0.2, 0.25) is 0 Å². The molecule has 0 aliphatic heterocycles. The van der Waals surface area contributed by atoms with Crippen LogP contribution in [0.5, 0.6) is 0 Å². The number of aliphatic carboxylic acids is 1. The van der Waals surface area contributed by atoms with Crippen LogP contribution in [0.25, 0.3) is 10.1 Å². The highest BCUT2D eigenvalue weighted by atomic mass is 32.1. The minimum absolute atomic E-state index is 0.110. The van der Waals surface area contributed by atoms with E-state index in [0.29, 0.717) is 15.8 Å². The summed E-state index contributed by atoms with van der Waals surface area (Å²) in [5, 5.41) is 9.59. The Bertz CT molecular complexity index is 781. The van der Waals surface area contributed by atoms with Gasteiger partial charge in [0.05, 0.1) is 10.8 Å². The van der Waals surface area contributed by atoms with Crippen LogP contribution in [-0.2, 0) is 4.79 Å². The molecule has 1 saturated carbocycles. The quantitative estimate of drug-likeness (QED) is 0.907. The normalized spacial score (nSPS) is 15.6. The zero-order chi connectivity index (χ0) is 16.7. The second kappa shape index (κ2) is 5.92. The van der Waals surface area contributed by atoms with Gasteiger partial charge in [-0.2, -0.15) is 0 Å². The monoisotopic (exact) mass is 335 g/mol. The van der Waals surface area contributed by atoms with E-state index in [-0.39, 0.29) is 24.3 Å². The van der Waals surface area contributed by atoms with Gasteiger partial charge in [-0.1, -0.05) is 13.0 Å². The van der Waals surface area contributed by atoms with Crippen LogP contribution in [-0.4, -0.2) is 34.5 Å². The zero-order valence-electron chi connectivity index (χ0n) is 13.0. The number of rotatable bonds is 5. The summed E-state index contributed by atoms with van der Waals surface area (Å²) in [6, 6.07) is 4.93. The van der Waals surface area contributed by atoms with E-state index in [1.54, 1.807) is 30.9 Å². The lowest BCUT2D eigenvalue weighted by molar-refractivity contribution is -0.141. The van der Waals surface area contributed by atoms with Crippen molar-refractivity contribution in [2.75, 3.05) is 6.54 Å². The van der Waals surface area contributed by atoms with E-state index in [1.165, 1.54) is 17.4 Å². The molecule has 1 amide bonds. The highest BCUT2D eigenvalue weighted by Crippen LogP contribution is 2.36. The topological polar surface area (TPSA) is 57.6 Å². The number of hydrogen-bond acceptors (Lipinski definition) is 3. The van der Waals surface area contributed by atoms with Gasteiger partial charge >= 0.3 is 5.97 Å². The second-order valence-corrected chi connectivity index (χ2v) is 7.15. The number of carbonyl (C=O) groups excluding carboxylic acids is 1. The first kappa shape index (κ1) is 15.9. The van der Waals surface area contributed by atoms with Gasteiger partial charge in [-0.15, -0.1) is 11.3 Å². The lowest BCUT2D eigenvalue weighted by atomic mass is 10.1. The summed E-state index contributed by atoms with van der Waals surface area (Å²) in [4.78, 5) is 26.2. The molecule has 3 rings (SSSR count). The van der Waals surface area contributed by atoms with Crippen LogP contribution in [0.3, 0.4) is 0 Å². The number of hydrogen-bond donors (Lipinski definition) is 1. The summed E-state index contributed by atoms with van der Waals surface area (Å²) in [7, 11) is 0. The van der Waals surface area contributed by atoms with E-state index in [4.69, 9.17) is 5.11 Å². The maximum Gasteiger partial charge on any atom is 0.308 e. The molecule has 122 valence electrons. The molecule has 1 fully saturated rings. The average Bonchev–Trinajstić information content (AvgIpc) is 3.28. The molecule has 1 aromatic carbocycles. The van der Waals surface area contributed by atoms with Crippen LogP contribution in [0, 0.1) is 18.7 Å². The van der Waals surface area contributed by atoms with E-state index in [1.807, 2.05) is 0 Å². The molecule has 1 unspecified atom stereocenters. The standard InChI is InChI=1S/C17H18FNO3S/c1-9(17(21)22)8-19(11-6-7-11)16(20)15-10(2)14-12(18)4-3-5-13(14)23-15/h3-5,9,11H,6-8H2,1-2H3,(H,21,22). The predicted octanol–water partition coefficient (Wildman–Crippen LogP) is 3.67. The van der Waals surface area contributed by atoms with Crippen LogP contribution in [0.1, 0.15) is 35.0 Å². The summed E-state index contributed by atoms with van der Waals surface area (Å²) in [6.07, 6.45) is 1.80. The van der Waals surface area contributed by atoms with Crippen molar-refractivity contribution in [1.29, 1.82) is 0 Å². The Morgan fingerprint density at radius 1 is 1.43 bits per heavy atom. The number of carboxylic acid groups (broad SMARTS) is 1. The Morgan fingerprint density at radius 2 is 2.13 bits per heavy atom. The molecule has 0 spiro atoms. The van der Waals surface area contributed by atoms with Crippen molar-refractivity contribution >= 4 is 33.3 Å². The Hall–Kier alpha value is -1.95. The fourth-order valence-corrected chi connectivity index (χ4v) is 3.92. The van der Waals surface area contributed by atoms with Gasteiger partial charge in [-0.05, 0) is 37.5 Å². The van der Waals surface area contributed by atoms with Gasteiger partial charge in [0.1, 0.15) is 5.82 Å². The summed E-state index contributed by atoms with van der Waals surface area (Å²) in [6.45, 7) is 3.54. The number of carboxylic acids is 1. The molecule has 1 aromatic heterocycles. The van der Waals surface area contributed by atoms with Crippen molar-refractivity contribution in [3.63, 3.8) is 0 Å². The number of aryl methyl sites for hydroxylation is 1. The first-order valence-electron chi connectivity index (χ1n) is 7.61. The van der Waals surface area contributed by atoms with Crippen LogP contribution in [0.2, 0.25) is 0 Å². The van der Waals surface area contributed by atoms with Crippen molar-refractivity contribution in [2.45, 2.75) is 32.7 Å². The molecule has 1 aliphatic carbocycles. The number of thiophene rings is 1. The molecule has 0 bridgehead atoms. The number of carbonyl (C=O) groups is 2. The largest absolute Gasteiger partial charge is 0.481 e. The highest BCUT2D eigenvalue weighted by molar-refractivity contribution is 7.21. The molecule has 0 saturated heterocycles. The smallest absolute Gasteiger partial charge is 0.308 e. The maximum atomic E-state index is 14.0. The van der Waals surface area contributed by atoms with Gasteiger partial charge in [0.15, 0.2) is 0 Å². The van der Waals surface area contributed by atoms with Crippen LogP contribution < -0.4 is 0 Å². The summed E-state index contributed by atoms with van der Waals surface area (Å²) < 4.78 is 14.8. The average molecular weight is 335 g/mol. The number of benzene rings is 1. The molecule has 1 N–H and O–H groups in total. The predicted molar refractivity (Wildman–Crippen MR) is 87.4 cm³/mol. The van der Waals surface area contributed by atoms with Gasteiger partial charge in [0, 0.05) is 22.7 Å². The first-order chi connectivity index (χ1) is 10.9. The van der Waals surface area contributed by atoms with Crippen molar-refractivity contribution in [3.8, 4) is 0 Å². The maximum absolute atomic E-state index is 14.0. The first-order valence-corrected chi connectivity index (χ1v) is 8.43. The lowest BCUT2D eigenvalue weighted by Crippen LogP contribution is -2.38. The number of halogens is 1. The SMILES string of the molecule is Cc1c(C(=O)N(CC(C)C(=O)O)C2CC2)sc2cccc(F)c12. The van der Waals surface area contributed by atoms with Crippen molar-refractivity contribution in [3.05, 3.63) is 34.5 Å². The molecular formula is C17H18FNO3S. The number of fused-ring (bicyclic) bond motifs is 1. The van der Waals surface area contributed by atoms with E-state index in [9.17, 15) is 14.0 Å². The number of nitrogens with zero attached hydrogens (tertiary/aromatic N) is 1. The van der Waals surface area contributed by atoms with E-state index < -0.39 is 11.9 Å². The summed E-state index contributed by atoms with van der Waals surface area (Å²) in [5.41, 5.74) is 0.640. The van der Waals surface area contributed by atoms with E-state index >= 15 is 0 Å². The van der Waals surface area contributed by atoms with E-state index in [0.717, 1.165) is 17.5 Å². The molecular weight excluding hydrogens is 317 g/mol. The Morgan fingerprint density at radius 3 is 2.70 bits per heavy atom. The third-order valence-electron chi connectivity index (χ3n) is 4.24. The van der Waals surface area contributed by atoms with Gasteiger partial charge in [0.25, 0.3) is 5.91 Å². The zero-order valence-corrected chi connectivity index (χ0v) is 13.8. The Kier molecular flexibility index (Phi) is 4.10. The van der Waals surface area contributed by atoms with Crippen LogP contribution in [0.4, 0.5) is 4.39 Å². The molecule has 1 aliphatic rings. The van der Waals surface area contributed by atoms with Crippen molar-refractivity contribution in [2.24, 2.45) is 5.92 Å². The summed E-state index contributed by atoms with van der Waals surface area (Å²) >= 11 is 1.28. The van der Waals surface area contributed by atoms with Crippen molar-refractivity contribution < 1.29 is 19.1 Å². The van der Waals surface area contributed by atoms with Crippen LogP contribution in [0.15, 0.2) is 18.2 Å². The third kappa shape index (κ3) is 2.95. The Balaban J connectivity index is 1.96. The van der Waals surface area contributed by atoms with Gasteiger partial charge in [-0.3, -0.25) is 9.59 Å². The van der Waals surface area contributed by atoms with Gasteiger partial charge < -0.3 is 10.0 Å². The highest BCUT2D eigenvalue weighted by Gasteiger charge is 2.36. The molecule has 1 atom stereocenters. The fourth-order valence-electron chi connectivity index (χ4n) is 2.74. The molecule has 0 radical (unpaired) electrons. The Labute approximate surface area is 137 Å². The molecule has 4 nitrogen and oxygen atoms in total. The van der Waals surface area contributed by atoms with Crippen LogP contribution >= 0.6 is 11.3 Å². The molecule has 2 aromatic rings. The second-order valence-electron chi connectivity index (χ2n) is 6.10. The molecule has 23 heavy (non-hydrogen) atoms. The van der Waals surface area contributed by atoms with E-state index in [2.05, 4.69) is 0 Å². The third-order valence-corrected chi connectivity index (χ3v) is 5.48. The molecule has 6 heteroatoms. The fraction of sp³-hybridized carbons (Fsp3) is 0.412.